The van der Waals surface area contributed by atoms with Crippen molar-refractivity contribution in [2.45, 2.75) is 45.4 Å². The van der Waals surface area contributed by atoms with Crippen LogP contribution in [0.25, 0.3) is 0 Å². The average molecular weight is 168 g/mol. The minimum absolute atomic E-state index is 1.04. The maximum absolute atomic E-state index is 4.43. The van der Waals surface area contributed by atoms with Crippen LogP contribution in [-0.2, 0) is 0 Å². The largest absolute Gasteiger partial charge is 0.374 e. The number of unbranched alkanes of at least 4 members (excludes halogenated alkanes) is 3. The van der Waals surface area contributed by atoms with Crippen LogP contribution in [0.3, 0.4) is 0 Å². The van der Waals surface area contributed by atoms with Gasteiger partial charge in [-0.05, 0) is 12.8 Å². The Morgan fingerprint density at radius 1 is 1.33 bits per heavy atom. The smallest absolute Gasteiger partial charge is 0.0963 e. The number of rotatable bonds is 5. The highest BCUT2D eigenvalue weighted by atomic mass is 15.0. The summed E-state index contributed by atoms with van der Waals surface area (Å²) in [6, 6.07) is 0. The molecule has 2 heteroatoms. The van der Waals surface area contributed by atoms with E-state index in [9.17, 15) is 0 Å². The molecule has 1 aliphatic rings. The van der Waals surface area contributed by atoms with Crippen LogP contribution < -0.4 is 5.32 Å². The molecule has 70 valence electrons. The van der Waals surface area contributed by atoms with E-state index >= 15 is 0 Å². The maximum atomic E-state index is 4.43. The van der Waals surface area contributed by atoms with E-state index in [1.54, 1.807) is 0 Å². The Morgan fingerprint density at radius 3 is 2.92 bits per heavy atom. The Bertz CT molecular complexity index is 141. The number of amidine groups is 1. The molecule has 0 atom stereocenters. The fourth-order valence-corrected chi connectivity index (χ4v) is 1.47. The third-order valence-electron chi connectivity index (χ3n) is 2.23. The molecule has 2 nitrogen and oxygen atoms in total. The zero-order chi connectivity index (χ0) is 8.65. The quantitative estimate of drug-likeness (QED) is 0.626. The van der Waals surface area contributed by atoms with Crippen molar-refractivity contribution in [3.63, 3.8) is 0 Å². The van der Waals surface area contributed by atoms with Crippen molar-refractivity contribution in [1.29, 1.82) is 0 Å². The van der Waals surface area contributed by atoms with Crippen LogP contribution in [0.2, 0.25) is 0 Å². The van der Waals surface area contributed by atoms with E-state index in [4.69, 9.17) is 0 Å². The normalized spacial score (nSPS) is 16.9. The van der Waals surface area contributed by atoms with Gasteiger partial charge in [-0.1, -0.05) is 26.2 Å². The Morgan fingerprint density at radius 2 is 2.25 bits per heavy atom. The first-order valence-corrected chi connectivity index (χ1v) is 5.20. The van der Waals surface area contributed by atoms with Crippen LogP contribution in [-0.4, -0.2) is 18.9 Å². The van der Waals surface area contributed by atoms with Gasteiger partial charge in [0.05, 0.1) is 5.84 Å². The lowest BCUT2D eigenvalue weighted by atomic mass is 10.1. The highest BCUT2D eigenvalue weighted by Crippen LogP contribution is 2.04. The summed E-state index contributed by atoms with van der Waals surface area (Å²) in [7, 11) is 0. The molecular weight excluding hydrogens is 148 g/mol. The van der Waals surface area contributed by atoms with Crippen molar-refractivity contribution >= 4 is 5.84 Å². The second-order valence-electron chi connectivity index (χ2n) is 3.42. The van der Waals surface area contributed by atoms with Crippen LogP contribution in [0, 0.1) is 0 Å². The second kappa shape index (κ2) is 6.04. The Hall–Kier alpha value is -0.530. The van der Waals surface area contributed by atoms with E-state index < -0.39 is 0 Å². The van der Waals surface area contributed by atoms with Crippen molar-refractivity contribution in [2.24, 2.45) is 4.99 Å². The lowest BCUT2D eigenvalue weighted by Crippen LogP contribution is -2.29. The zero-order valence-corrected chi connectivity index (χ0v) is 8.10. The number of aliphatic imine (C=N–C) groups is 1. The lowest BCUT2D eigenvalue weighted by molar-refractivity contribution is 0.659. The molecule has 1 aliphatic heterocycles. The fourth-order valence-electron chi connectivity index (χ4n) is 1.47. The summed E-state index contributed by atoms with van der Waals surface area (Å²) in [5.74, 6) is 1.25. The molecule has 0 radical (unpaired) electrons. The molecule has 12 heavy (non-hydrogen) atoms. The number of nitrogens with zero attached hydrogens (tertiary/aromatic N) is 1. The molecule has 0 fully saturated rings. The molecule has 0 unspecified atom stereocenters. The van der Waals surface area contributed by atoms with Gasteiger partial charge in [0.25, 0.3) is 0 Å². The second-order valence-corrected chi connectivity index (χ2v) is 3.42. The van der Waals surface area contributed by atoms with Crippen LogP contribution in [0.4, 0.5) is 0 Å². The van der Waals surface area contributed by atoms with E-state index in [1.165, 1.54) is 44.4 Å². The lowest BCUT2D eigenvalue weighted by Gasteiger charge is -2.13. The van der Waals surface area contributed by atoms with Crippen molar-refractivity contribution < 1.29 is 0 Å². The molecule has 0 aliphatic carbocycles. The van der Waals surface area contributed by atoms with E-state index in [-0.39, 0.29) is 0 Å². The molecule has 1 rings (SSSR count). The molecule has 0 amide bonds. The van der Waals surface area contributed by atoms with Gasteiger partial charge in [-0.15, -0.1) is 0 Å². The van der Waals surface area contributed by atoms with Gasteiger partial charge in [-0.25, -0.2) is 0 Å². The standard InChI is InChI=1S/C10H20N2/c1-2-3-4-5-7-10-11-8-6-9-12-10/h2-9H2,1H3,(H,11,12). The maximum Gasteiger partial charge on any atom is 0.0963 e. The molecule has 0 saturated carbocycles. The molecule has 1 N–H and O–H groups in total. The Balaban J connectivity index is 2.01. The molecular formula is C10H20N2. The van der Waals surface area contributed by atoms with Crippen molar-refractivity contribution in [3.05, 3.63) is 0 Å². The molecule has 0 aromatic heterocycles. The van der Waals surface area contributed by atoms with Crippen molar-refractivity contribution in [1.82, 2.24) is 5.32 Å². The zero-order valence-electron chi connectivity index (χ0n) is 8.10. The van der Waals surface area contributed by atoms with E-state index in [0.717, 1.165) is 13.1 Å². The van der Waals surface area contributed by atoms with Gasteiger partial charge in [-0.2, -0.15) is 0 Å². The average Bonchev–Trinajstić information content (AvgIpc) is 2.14. The first kappa shape index (κ1) is 9.56. The molecule has 1 heterocycles. The van der Waals surface area contributed by atoms with Gasteiger partial charge >= 0.3 is 0 Å². The molecule has 0 aromatic rings. The summed E-state index contributed by atoms with van der Waals surface area (Å²) in [5, 5.41) is 3.35. The summed E-state index contributed by atoms with van der Waals surface area (Å²) >= 11 is 0. The third kappa shape index (κ3) is 3.74. The van der Waals surface area contributed by atoms with Crippen molar-refractivity contribution in [2.75, 3.05) is 13.1 Å². The SMILES string of the molecule is CCCCCCC1=NCCCN1. The molecule has 0 aromatic carbocycles. The molecule has 0 saturated heterocycles. The summed E-state index contributed by atoms with van der Waals surface area (Å²) < 4.78 is 0. The van der Waals surface area contributed by atoms with Crippen molar-refractivity contribution in [3.8, 4) is 0 Å². The van der Waals surface area contributed by atoms with Crippen LogP contribution in [0.5, 0.6) is 0 Å². The minimum atomic E-state index is 1.04. The number of hydrogen-bond acceptors (Lipinski definition) is 2. The highest BCUT2D eigenvalue weighted by Gasteiger charge is 2.02. The summed E-state index contributed by atoms with van der Waals surface area (Å²) in [6.45, 7) is 4.42. The van der Waals surface area contributed by atoms with E-state index in [0.29, 0.717) is 0 Å². The van der Waals surface area contributed by atoms with Gasteiger partial charge in [-0.3, -0.25) is 4.99 Å². The Kier molecular flexibility index (Phi) is 4.81. The fraction of sp³-hybridized carbons (Fsp3) is 0.900. The molecule has 0 spiro atoms. The van der Waals surface area contributed by atoms with Crippen LogP contribution in [0.1, 0.15) is 45.4 Å². The topological polar surface area (TPSA) is 24.4 Å². The minimum Gasteiger partial charge on any atom is -0.374 e. The predicted octanol–water partition coefficient (Wildman–Crippen LogP) is 2.35. The van der Waals surface area contributed by atoms with E-state index in [2.05, 4.69) is 17.2 Å². The van der Waals surface area contributed by atoms with Gasteiger partial charge < -0.3 is 5.32 Å². The van der Waals surface area contributed by atoms with Gasteiger partial charge in [0.1, 0.15) is 0 Å². The first-order valence-electron chi connectivity index (χ1n) is 5.20. The summed E-state index contributed by atoms with van der Waals surface area (Å²) in [4.78, 5) is 4.43. The predicted molar refractivity (Wildman–Crippen MR) is 53.7 cm³/mol. The molecule has 0 bridgehead atoms. The van der Waals surface area contributed by atoms with Crippen LogP contribution in [0.15, 0.2) is 4.99 Å². The number of nitrogens with one attached hydrogen (secondary N) is 1. The Labute approximate surface area is 75.5 Å². The highest BCUT2D eigenvalue weighted by molar-refractivity contribution is 5.82. The van der Waals surface area contributed by atoms with Gasteiger partial charge in [0.2, 0.25) is 0 Å². The van der Waals surface area contributed by atoms with Gasteiger partial charge in [0.15, 0.2) is 0 Å². The summed E-state index contributed by atoms with van der Waals surface area (Å²) in [5.41, 5.74) is 0. The van der Waals surface area contributed by atoms with Gasteiger partial charge in [0, 0.05) is 19.5 Å². The van der Waals surface area contributed by atoms with Crippen LogP contribution >= 0.6 is 0 Å². The first-order chi connectivity index (χ1) is 5.93. The number of hydrogen-bond donors (Lipinski definition) is 1. The third-order valence-corrected chi connectivity index (χ3v) is 2.23. The summed E-state index contributed by atoms with van der Waals surface area (Å²) in [6.07, 6.45) is 7.72. The monoisotopic (exact) mass is 168 g/mol. The van der Waals surface area contributed by atoms with E-state index in [1.807, 2.05) is 0 Å².